The first-order valence-electron chi connectivity index (χ1n) is 3.74. The summed E-state index contributed by atoms with van der Waals surface area (Å²) in [6, 6.07) is 0. The molecule has 0 aliphatic heterocycles. The van der Waals surface area contributed by atoms with Gasteiger partial charge >= 0.3 is 0 Å². The van der Waals surface area contributed by atoms with E-state index < -0.39 is 0 Å². The molecule has 0 amide bonds. The number of hydrogen-bond acceptors (Lipinski definition) is 1. The van der Waals surface area contributed by atoms with E-state index in [2.05, 4.69) is 13.8 Å². The van der Waals surface area contributed by atoms with Crippen LogP contribution in [-0.2, 0) is 0 Å². The van der Waals surface area contributed by atoms with Crippen LogP contribution in [0.25, 0.3) is 0 Å². The van der Waals surface area contributed by atoms with Gasteiger partial charge < -0.3 is 5.73 Å². The minimum atomic E-state index is 1.11. The van der Waals surface area contributed by atoms with Crippen LogP contribution in [0.5, 0.6) is 0 Å². The maximum atomic E-state index is 5.36. The molecule has 0 atom stereocenters. The van der Waals surface area contributed by atoms with Crippen LogP contribution in [0.15, 0.2) is 11.8 Å². The number of hydrogen-bond donors (Lipinski definition) is 1. The fourth-order valence-corrected chi connectivity index (χ4v) is 0.782. The molecular weight excluding hydrogens is 110 g/mol. The van der Waals surface area contributed by atoms with Gasteiger partial charge in [0.15, 0.2) is 0 Å². The summed E-state index contributed by atoms with van der Waals surface area (Å²) in [5.41, 5.74) is 6.75. The van der Waals surface area contributed by atoms with E-state index in [0.717, 1.165) is 6.42 Å². The van der Waals surface area contributed by atoms with Crippen molar-refractivity contribution in [3.05, 3.63) is 11.8 Å². The third-order valence-corrected chi connectivity index (χ3v) is 1.54. The molecular formula is C8H17N. The number of nitrogens with two attached hydrogens (primary N) is 1. The van der Waals surface area contributed by atoms with Crippen molar-refractivity contribution < 1.29 is 0 Å². The Morgan fingerprint density at radius 2 is 2.11 bits per heavy atom. The van der Waals surface area contributed by atoms with Crippen LogP contribution >= 0.6 is 0 Å². The van der Waals surface area contributed by atoms with E-state index in [1.807, 2.05) is 0 Å². The fourth-order valence-electron chi connectivity index (χ4n) is 0.782. The Bertz CT molecular complexity index is 84.6. The molecule has 0 rings (SSSR count). The van der Waals surface area contributed by atoms with Crippen LogP contribution in [0.1, 0.15) is 39.5 Å². The van der Waals surface area contributed by atoms with Crippen molar-refractivity contribution in [1.29, 1.82) is 0 Å². The second-order valence-electron chi connectivity index (χ2n) is 2.28. The highest BCUT2D eigenvalue weighted by atomic mass is 14.5. The van der Waals surface area contributed by atoms with Gasteiger partial charge in [0, 0.05) is 0 Å². The molecule has 0 radical (unpaired) electrons. The van der Waals surface area contributed by atoms with Gasteiger partial charge in [-0.25, -0.2) is 0 Å². The minimum Gasteiger partial charge on any atom is -0.405 e. The van der Waals surface area contributed by atoms with E-state index in [-0.39, 0.29) is 0 Å². The molecule has 9 heavy (non-hydrogen) atoms. The molecule has 0 fully saturated rings. The van der Waals surface area contributed by atoms with E-state index in [4.69, 9.17) is 5.73 Å². The highest BCUT2D eigenvalue weighted by Gasteiger charge is 1.90. The molecule has 0 heterocycles. The van der Waals surface area contributed by atoms with Crippen molar-refractivity contribution in [3.63, 3.8) is 0 Å². The molecule has 0 unspecified atom stereocenters. The van der Waals surface area contributed by atoms with Gasteiger partial charge in [-0.3, -0.25) is 0 Å². The molecule has 1 heteroatoms. The highest BCUT2D eigenvalue weighted by molar-refractivity contribution is 4.97. The lowest BCUT2D eigenvalue weighted by atomic mass is 10.1. The predicted octanol–water partition coefficient (Wildman–Crippen LogP) is 2.43. The zero-order chi connectivity index (χ0) is 7.11. The average Bonchev–Trinajstić information content (AvgIpc) is 1.91. The number of rotatable bonds is 4. The van der Waals surface area contributed by atoms with Crippen LogP contribution in [0.3, 0.4) is 0 Å². The summed E-state index contributed by atoms with van der Waals surface area (Å²) in [7, 11) is 0. The Kier molecular flexibility index (Phi) is 5.38. The Balaban J connectivity index is 3.33. The van der Waals surface area contributed by atoms with Crippen molar-refractivity contribution in [2.45, 2.75) is 39.5 Å². The Morgan fingerprint density at radius 3 is 2.44 bits per heavy atom. The van der Waals surface area contributed by atoms with E-state index in [9.17, 15) is 0 Å². The standard InChI is InChI=1S/C8H17N/c1-3-5-6-8(4-2)7-9/h7H,3-6,9H2,1-2H3/b8-7-. The van der Waals surface area contributed by atoms with Gasteiger partial charge in [-0.2, -0.15) is 0 Å². The lowest BCUT2D eigenvalue weighted by Crippen LogP contribution is -1.87. The van der Waals surface area contributed by atoms with Gasteiger partial charge in [0.1, 0.15) is 0 Å². The van der Waals surface area contributed by atoms with Crippen molar-refractivity contribution in [3.8, 4) is 0 Å². The first-order chi connectivity index (χ1) is 4.35. The minimum absolute atomic E-state index is 1.11. The monoisotopic (exact) mass is 127 g/mol. The van der Waals surface area contributed by atoms with Crippen molar-refractivity contribution >= 4 is 0 Å². The SMILES string of the molecule is CCCC/C(=C\N)CC. The number of unbranched alkanes of at least 4 members (excludes halogenated alkanes) is 1. The van der Waals surface area contributed by atoms with E-state index in [0.29, 0.717) is 0 Å². The Labute approximate surface area is 57.9 Å². The topological polar surface area (TPSA) is 26.0 Å². The molecule has 2 N–H and O–H groups in total. The summed E-state index contributed by atoms with van der Waals surface area (Å²) >= 11 is 0. The summed E-state index contributed by atoms with van der Waals surface area (Å²) in [4.78, 5) is 0. The van der Waals surface area contributed by atoms with Gasteiger partial charge in [-0.15, -0.1) is 0 Å². The van der Waals surface area contributed by atoms with Gasteiger partial charge in [0.2, 0.25) is 0 Å². The van der Waals surface area contributed by atoms with Gasteiger partial charge in [-0.1, -0.05) is 25.8 Å². The highest BCUT2D eigenvalue weighted by Crippen LogP contribution is 2.08. The maximum absolute atomic E-state index is 5.36. The number of allylic oxidation sites excluding steroid dienone is 1. The van der Waals surface area contributed by atoms with E-state index in [1.54, 1.807) is 6.20 Å². The molecule has 54 valence electrons. The second-order valence-corrected chi connectivity index (χ2v) is 2.28. The molecule has 0 aromatic carbocycles. The third-order valence-electron chi connectivity index (χ3n) is 1.54. The molecule has 0 spiro atoms. The largest absolute Gasteiger partial charge is 0.405 e. The van der Waals surface area contributed by atoms with Gasteiger partial charge in [-0.05, 0) is 25.5 Å². The first-order valence-corrected chi connectivity index (χ1v) is 3.74. The lowest BCUT2D eigenvalue weighted by Gasteiger charge is -1.99. The molecule has 0 aromatic heterocycles. The van der Waals surface area contributed by atoms with Crippen LogP contribution in [0, 0.1) is 0 Å². The second kappa shape index (κ2) is 5.67. The molecule has 0 aliphatic rings. The molecule has 0 bridgehead atoms. The predicted molar refractivity (Wildman–Crippen MR) is 42.1 cm³/mol. The Hall–Kier alpha value is -0.460. The van der Waals surface area contributed by atoms with Crippen molar-refractivity contribution in [1.82, 2.24) is 0 Å². The van der Waals surface area contributed by atoms with Crippen LogP contribution in [0.2, 0.25) is 0 Å². The van der Waals surface area contributed by atoms with E-state index in [1.165, 1.54) is 24.8 Å². The zero-order valence-corrected chi connectivity index (χ0v) is 6.48. The normalized spacial score (nSPS) is 12.0. The Morgan fingerprint density at radius 1 is 1.44 bits per heavy atom. The summed E-state index contributed by atoms with van der Waals surface area (Å²) in [5, 5.41) is 0. The first kappa shape index (κ1) is 8.54. The van der Waals surface area contributed by atoms with Crippen LogP contribution < -0.4 is 5.73 Å². The molecule has 0 saturated heterocycles. The molecule has 0 saturated carbocycles. The fraction of sp³-hybridized carbons (Fsp3) is 0.750. The zero-order valence-electron chi connectivity index (χ0n) is 6.48. The van der Waals surface area contributed by atoms with Crippen molar-refractivity contribution in [2.24, 2.45) is 5.73 Å². The van der Waals surface area contributed by atoms with Crippen LogP contribution in [-0.4, -0.2) is 0 Å². The maximum Gasteiger partial charge on any atom is -0.00706 e. The molecule has 0 aliphatic carbocycles. The van der Waals surface area contributed by atoms with E-state index >= 15 is 0 Å². The summed E-state index contributed by atoms with van der Waals surface area (Å²) in [6.07, 6.45) is 6.57. The summed E-state index contributed by atoms with van der Waals surface area (Å²) in [6.45, 7) is 4.35. The smallest absolute Gasteiger partial charge is 0.00706 e. The lowest BCUT2D eigenvalue weighted by molar-refractivity contribution is 0.764. The van der Waals surface area contributed by atoms with Crippen molar-refractivity contribution in [2.75, 3.05) is 0 Å². The van der Waals surface area contributed by atoms with Gasteiger partial charge in [0.25, 0.3) is 0 Å². The third kappa shape index (κ3) is 4.07. The quantitative estimate of drug-likeness (QED) is 0.616. The van der Waals surface area contributed by atoms with Crippen LogP contribution in [0.4, 0.5) is 0 Å². The molecule has 1 nitrogen and oxygen atoms in total. The summed E-state index contributed by atoms with van der Waals surface area (Å²) < 4.78 is 0. The summed E-state index contributed by atoms with van der Waals surface area (Å²) in [5.74, 6) is 0. The van der Waals surface area contributed by atoms with Gasteiger partial charge in [0.05, 0.1) is 0 Å². The molecule has 0 aromatic rings. The average molecular weight is 127 g/mol.